The van der Waals surface area contributed by atoms with Crippen LogP contribution in [0.1, 0.15) is 16.7 Å². The number of nitrogens with zero attached hydrogens (tertiary/aromatic N) is 4. The van der Waals surface area contributed by atoms with E-state index in [9.17, 15) is 14.7 Å². The number of hydrogen-bond acceptors (Lipinski definition) is 7. The third-order valence-corrected chi connectivity index (χ3v) is 8.24. The summed E-state index contributed by atoms with van der Waals surface area (Å²) < 4.78 is 6.96. The number of benzene rings is 3. The van der Waals surface area contributed by atoms with E-state index >= 15 is 0 Å². The number of nitrogens with one attached hydrogen (secondary N) is 1. The van der Waals surface area contributed by atoms with Crippen LogP contribution in [0.4, 0.5) is 4.79 Å². The summed E-state index contributed by atoms with van der Waals surface area (Å²) in [6.07, 6.45) is 1.70. The van der Waals surface area contributed by atoms with Gasteiger partial charge in [-0.15, -0.1) is 0 Å². The molecule has 3 aromatic carbocycles. The van der Waals surface area contributed by atoms with Crippen LogP contribution in [0.2, 0.25) is 0 Å². The lowest BCUT2D eigenvalue weighted by molar-refractivity contribution is 0.0648. The number of carbonyl (C=O) groups excluding carboxylic acids is 1. The Morgan fingerprint density at radius 1 is 0.947 bits per heavy atom. The van der Waals surface area contributed by atoms with Gasteiger partial charge in [-0.1, -0.05) is 78.1 Å². The summed E-state index contributed by atoms with van der Waals surface area (Å²) in [5.41, 5.74) is 2.91. The molecule has 0 saturated carbocycles. The van der Waals surface area contributed by atoms with Crippen molar-refractivity contribution in [3.8, 4) is 11.5 Å². The maximum absolute atomic E-state index is 13.7. The van der Waals surface area contributed by atoms with Crippen LogP contribution in [0.15, 0.2) is 88.6 Å². The molecule has 1 saturated heterocycles. The van der Waals surface area contributed by atoms with Gasteiger partial charge in [-0.2, -0.15) is 4.68 Å². The zero-order valence-corrected chi connectivity index (χ0v) is 21.8. The summed E-state index contributed by atoms with van der Waals surface area (Å²) in [4.78, 5) is 36.2. The number of carbonyl (C=O) groups is 1. The van der Waals surface area contributed by atoms with Gasteiger partial charge in [0, 0.05) is 25.2 Å². The van der Waals surface area contributed by atoms with Crippen molar-refractivity contribution in [2.75, 3.05) is 26.6 Å². The average molecular weight is 528 g/mol. The molecule has 0 unspecified atom stereocenters. The second-order valence-electron chi connectivity index (χ2n) is 9.20. The Bertz CT molecular complexity index is 1740. The number of likely N-dealkylation sites (N-methyl/N-ethyl adjacent to an activating group) is 2. The van der Waals surface area contributed by atoms with Gasteiger partial charge in [0.2, 0.25) is 16.1 Å². The quantitative estimate of drug-likeness (QED) is 0.425. The molecule has 2 aliphatic rings. The number of aromatic hydroxyl groups is 1. The topological polar surface area (TPSA) is 99.4 Å². The smallest absolute Gasteiger partial charge is 0.324 e. The number of rotatable bonds is 4. The number of methoxy groups -OCH3 is 1. The van der Waals surface area contributed by atoms with Crippen LogP contribution in [-0.2, 0) is 11.3 Å². The zero-order chi connectivity index (χ0) is 26.7. The Morgan fingerprint density at radius 3 is 2.24 bits per heavy atom. The molecule has 2 N–H and O–H groups in total. The molecule has 0 aliphatic carbocycles. The van der Waals surface area contributed by atoms with Gasteiger partial charge >= 0.3 is 6.03 Å². The van der Waals surface area contributed by atoms with Crippen LogP contribution in [0.25, 0.3) is 6.08 Å². The van der Waals surface area contributed by atoms with Crippen LogP contribution in [-0.4, -0.2) is 46.8 Å². The first-order valence-electron chi connectivity index (χ1n) is 11.9. The summed E-state index contributed by atoms with van der Waals surface area (Å²) >= 11 is 1.21. The molecular weight excluding hydrogens is 502 g/mol. The van der Waals surface area contributed by atoms with Crippen LogP contribution in [0, 0.1) is 0 Å². The Hall–Kier alpha value is -4.57. The molecule has 0 radical (unpaired) electrons. The lowest BCUT2D eigenvalue weighted by Gasteiger charge is -2.49. The first-order valence-corrected chi connectivity index (χ1v) is 12.8. The highest BCUT2D eigenvalue weighted by atomic mass is 32.1. The minimum absolute atomic E-state index is 0.0205. The minimum Gasteiger partial charge on any atom is -0.504 e. The second kappa shape index (κ2) is 8.49. The van der Waals surface area contributed by atoms with E-state index in [4.69, 9.17) is 9.73 Å². The molecule has 10 heteroatoms. The number of hydrogen-bond donors (Lipinski definition) is 2. The van der Waals surface area contributed by atoms with Crippen LogP contribution in [0.3, 0.4) is 0 Å². The zero-order valence-electron chi connectivity index (χ0n) is 21.0. The molecule has 2 amide bonds. The van der Waals surface area contributed by atoms with Gasteiger partial charge < -0.3 is 9.84 Å². The van der Waals surface area contributed by atoms with E-state index in [1.165, 1.54) is 29.2 Å². The van der Waals surface area contributed by atoms with Gasteiger partial charge in [0.25, 0.3) is 5.56 Å². The van der Waals surface area contributed by atoms with E-state index < -0.39 is 11.3 Å². The van der Waals surface area contributed by atoms with Crippen molar-refractivity contribution in [2.24, 2.45) is 4.99 Å². The van der Waals surface area contributed by atoms with Crippen molar-refractivity contribution in [2.45, 2.75) is 11.3 Å². The Labute approximate surface area is 222 Å². The van der Waals surface area contributed by atoms with Crippen molar-refractivity contribution in [3.05, 3.63) is 115 Å². The van der Waals surface area contributed by atoms with Crippen molar-refractivity contribution >= 4 is 23.4 Å². The number of aromatic nitrogens is 1. The monoisotopic (exact) mass is 527 g/mol. The van der Waals surface area contributed by atoms with E-state index in [-0.39, 0.29) is 17.3 Å². The largest absolute Gasteiger partial charge is 0.504 e. The van der Waals surface area contributed by atoms with Gasteiger partial charge in [0.05, 0.1) is 11.6 Å². The maximum Gasteiger partial charge on any atom is 0.324 e. The summed E-state index contributed by atoms with van der Waals surface area (Å²) in [5, 5.41) is 10.2. The fourth-order valence-corrected chi connectivity index (χ4v) is 6.43. The third kappa shape index (κ3) is 3.07. The predicted octanol–water partition coefficient (Wildman–Crippen LogP) is 2.33. The molecule has 1 fully saturated rings. The predicted molar refractivity (Wildman–Crippen MR) is 144 cm³/mol. The molecule has 9 nitrogen and oxygen atoms in total. The summed E-state index contributed by atoms with van der Waals surface area (Å²) in [5.74, 6) is 0.326. The lowest BCUT2D eigenvalue weighted by atomic mass is 9.80. The molecule has 192 valence electrons. The number of fused-ring (bicyclic) bond motifs is 2. The summed E-state index contributed by atoms with van der Waals surface area (Å²) in [6, 6.07) is 23.9. The van der Waals surface area contributed by atoms with Gasteiger partial charge in [0.1, 0.15) is 0 Å². The van der Waals surface area contributed by atoms with E-state index in [0.717, 1.165) is 11.1 Å². The van der Waals surface area contributed by atoms with Gasteiger partial charge in [-0.25, -0.2) is 9.79 Å². The maximum atomic E-state index is 13.7. The first kappa shape index (κ1) is 23.8. The van der Waals surface area contributed by atoms with Crippen LogP contribution < -0.4 is 25.1 Å². The molecule has 2 aliphatic heterocycles. The number of ether oxygens (including phenoxy) is 1. The normalized spacial score (nSPS) is 22.5. The summed E-state index contributed by atoms with van der Waals surface area (Å²) in [7, 11) is 4.93. The fourth-order valence-electron chi connectivity index (χ4n) is 5.46. The second-order valence-corrected chi connectivity index (χ2v) is 10.2. The van der Waals surface area contributed by atoms with E-state index in [0.29, 0.717) is 20.6 Å². The molecule has 2 atom stereocenters. The average Bonchev–Trinajstić information content (AvgIpc) is 3.33. The Morgan fingerprint density at radius 2 is 1.61 bits per heavy atom. The molecule has 1 aromatic heterocycles. The first-order chi connectivity index (χ1) is 18.3. The van der Waals surface area contributed by atoms with Crippen molar-refractivity contribution < 1.29 is 14.6 Å². The molecule has 0 bridgehead atoms. The third-order valence-electron chi connectivity index (χ3n) is 7.27. The van der Waals surface area contributed by atoms with E-state index in [1.54, 1.807) is 42.1 Å². The van der Waals surface area contributed by atoms with Gasteiger partial charge in [0.15, 0.2) is 11.5 Å². The number of phenols is 1. The molecule has 0 spiro atoms. The SMILES string of the molecule is COc1ccc(/C=c2/sc3n(c2=O)N[C@]2(c4ccccc4)N(C)C(=O)N(C)[C@@]2(c2ccccc2)N=3)cc1O. The molecular formula is C28H25N5O4S. The van der Waals surface area contributed by atoms with Crippen molar-refractivity contribution in [1.82, 2.24) is 14.5 Å². The number of phenolic OH excluding ortho intramolecular Hbond substituents is 1. The van der Waals surface area contributed by atoms with Crippen LogP contribution >= 0.6 is 11.3 Å². The van der Waals surface area contributed by atoms with Crippen molar-refractivity contribution in [3.63, 3.8) is 0 Å². The summed E-state index contributed by atoms with van der Waals surface area (Å²) in [6.45, 7) is 0. The fraction of sp³-hybridized carbons (Fsp3) is 0.179. The number of thiazole rings is 1. The number of amides is 2. The number of urea groups is 1. The highest BCUT2D eigenvalue weighted by Crippen LogP contribution is 2.53. The van der Waals surface area contributed by atoms with E-state index in [2.05, 4.69) is 5.43 Å². The minimum atomic E-state index is -1.23. The highest BCUT2D eigenvalue weighted by molar-refractivity contribution is 7.07. The van der Waals surface area contributed by atoms with Gasteiger partial charge in [-0.05, 0) is 23.8 Å². The molecule has 38 heavy (non-hydrogen) atoms. The highest BCUT2D eigenvalue weighted by Gasteiger charge is 2.69. The Kier molecular flexibility index (Phi) is 5.32. The molecule has 6 rings (SSSR count). The molecule has 3 heterocycles. The molecule has 4 aromatic rings. The Balaban J connectivity index is 1.66. The van der Waals surface area contributed by atoms with Crippen LogP contribution in [0.5, 0.6) is 11.5 Å². The lowest BCUT2D eigenvalue weighted by Crippen LogP contribution is -2.67. The van der Waals surface area contributed by atoms with Crippen molar-refractivity contribution in [1.29, 1.82) is 0 Å². The standard InChI is InChI=1S/C28H25N5O4S/c1-31-26(36)32(2)28(20-12-8-5-9-13-20)27(31,19-10-6-4-7-11-19)29-25-33(30-28)24(35)23(38-25)17-18-14-15-22(37-3)21(34)16-18/h4-17,30,34H,1-3H3/b23-17+/t27-,28-/m1/s1. The van der Waals surface area contributed by atoms with Gasteiger partial charge in [-0.3, -0.25) is 20.0 Å². The van der Waals surface area contributed by atoms with E-state index in [1.807, 2.05) is 60.7 Å².